The van der Waals surface area contributed by atoms with Crippen molar-refractivity contribution in [3.63, 3.8) is 0 Å². The maximum atomic E-state index is 10.7. The molecular weight excluding hydrogens is 190 g/mol. The molecule has 0 aromatic rings. The third-order valence-electron chi connectivity index (χ3n) is 2.29. The molecule has 1 rings (SSSR count). The molecule has 0 atom stereocenters. The van der Waals surface area contributed by atoms with Gasteiger partial charge in [-0.25, -0.2) is 8.42 Å². The molecule has 0 saturated heterocycles. The summed E-state index contributed by atoms with van der Waals surface area (Å²) in [5, 5.41) is 12.1. The van der Waals surface area contributed by atoms with Crippen LogP contribution in [0.1, 0.15) is 12.8 Å². The molecular formula is C8H17NO3S. The average molecular weight is 207 g/mol. The van der Waals surface area contributed by atoms with E-state index in [-0.39, 0.29) is 11.9 Å². The summed E-state index contributed by atoms with van der Waals surface area (Å²) in [6.45, 7) is 1.35. The molecule has 0 aliphatic heterocycles. The van der Waals surface area contributed by atoms with Crippen molar-refractivity contribution in [1.29, 1.82) is 0 Å². The lowest BCUT2D eigenvalue weighted by atomic mass is 9.82. The topological polar surface area (TPSA) is 66.4 Å². The molecule has 0 aromatic heterocycles. The quantitative estimate of drug-likeness (QED) is 0.590. The first-order chi connectivity index (χ1) is 5.97. The second-order valence-electron chi connectivity index (χ2n) is 3.83. The van der Waals surface area contributed by atoms with Gasteiger partial charge in [-0.2, -0.15) is 0 Å². The molecule has 78 valence electrons. The van der Waals surface area contributed by atoms with E-state index in [9.17, 15) is 8.42 Å². The Labute approximate surface area is 79.3 Å². The molecule has 0 radical (unpaired) electrons. The number of hydrogen-bond donors (Lipinski definition) is 2. The number of sulfone groups is 1. The zero-order chi connectivity index (χ0) is 9.90. The highest BCUT2D eigenvalue weighted by Crippen LogP contribution is 2.25. The first-order valence-electron chi connectivity index (χ1n) is 4.54. The highest BCUT2D eigenvalue weighted by Gasteiger charge is 2.26. The predicted octanol–water partition coefficient (Wildman–Crippen LogP) is -0.608. The minimum atomic E-state index is -2.83. The fourth-order valence-electron chi connectivity index (χ4n) is 1.43. The molecule has 1 fully saturated rings. The third-order valence-corrected chi connectivity index (χ3v) is 3.24. The standard InChI is InChI=1S/C8H17NO3S/c1-13(11,12)3-2-9-6-7-4-8(10)5-7/h7-10H,2-6H2,1H3. The summed E-state index contributed by atoms with van der Waals surface area (Å²) in [6.07, 6.45) is 2.82. The molecule has 0 spiro atoms. The molecule has 13 heavy (non-hydrogen) atoms. The van der Waals surface area contributed by atoms with Crippen LogP contribution in [0.15, 0.2) is 0 Å². The molecule has 0 amide bonds. The largest absolute Gasteiger partial charge is 0.393 e. The lowest BCUT2D eigenvalue weighted by Gasteiger charge is -2.31. The highest BCUT2D eigenvalue weighted by molar-refractivity contribution is 7.90. The maximum Gasteiger partial charge on any atom is 0.148 e. The van der Waals surface area contributed by atoms with Gasteiger partial charge in [0.25, 0.3) is 0 Å². The van der Waals surface area contributed by atoms with Crippen LogP contribution in [0.25, 0.3) is 0 Å². The van der Waals surface area contributed by atoms with Gasteiger partial charge < -0.3 is 10.4 Å². The smallest absolute Gasteiger partial charge is 0.148 e. The first-order valence-corrected chi connectivity index (χ1v) is 6.60. The predicted molar refractivity (Wildman–Crippen MR) is 51.3 cm³/mol. The van der Waals surface area contributed by atoms with Crippen molar-refractivity contribution < 1.29 is 13.5 Å². The van der Waals surface area contributed by atoms with Crippen molar-refractivity contribution in [2.75, 3.05) is 25.1 Å². The highest BCUT2D eigenvalue weighted by atomic mass is 32.2. The first kappa shape index (κ1) is 10.9. The van der Waals surface area contributed by atoms with Crippen molar-refractivity contribution in [3.8, 4) is 0 Å². The lowest BCUT2D eigenvalue weighted by molar-refractivity contribution is 0.0433. The Morgan fingerprint density at radius 3 is 2.54 bits per heavy atom. The molecule has 1 aliphatic rings. The molecule has 1 saturated carbocycles. The van der Waals surface area contributed by atoms with Crippen LogP contribution in [-0.2, 0) is 9.84 Å². The Morgan fingerprint density at radius 2 is 2.08 bits per heavy atom. The van der Waals surface area contributed by atoms with Crippen molar-refractivity contribution in [2.24, 2.45) is 5.92 Å². The van der Waals surface area contributed by atoms with Gasteiger partial charge in [-0.3, -0.25) is 0 Å². The van der Waals surface area contributed by atoms with E-state index in [2.05, 4.69) is 5.32 Å². The summed E-state index contributed by atoms with van der Waals surface area (Å²) in [4.78, 5) is 0. The van der Waals surface area contributed by atoms with E-state index < -0.39 is 9.84 Å². The van der Waals surface area contributed by atoms with Crippen molar-refractivity contribution in [2.45, 2.75) is 18.9 Å². The van der Waals surface area contributed by atoms with Crippen LogP contribution in [0.4, 0.5) is 0 Å². The normalized spacial score (nSPS) is 28.5. The van der Waals surface area contributed by atoms with E-state index in [1.54, 1.807) is 0 Å². The van der Waals surface area contributed by atoms with Gasteiger partial charge in [-0.05, 0) is 25.3 Å². The maximum absolute atomic E-state index is 10.7. The Kier molecular flexibility index (Phi) is 3.70. The van der Waals surface area contributed by atoms with Crippen molar-refractivity contribution in [3.05, 3.63) is 0 Å². The molecule has 5 heteroatoms. The summed E-state index contributed by atoms with van der Waals surface area (Å²) < 4.78 is 21.5. The van der Waals surface area contributed by atoms with Crippen LogP contribution < -0.4 is 5.32 Å². The zero-order valence-corrected chi connectivity index (χ0v) is 8.68. The zero-order valence-electron chi connectivity index (χ0n) is 7.86. The number of rotatable bonds is 5. The number of nitrogens with one attached hydrogen (secondary N) is 1. The van der Waals surface area contributed by atoms with Crippen molar-refractivity contribution in [1.82, 2.24) is 5.32 Å². The second kappa shape index (κ2) is 4.39. The average Bonchev–Trinajstić information content (AvgIpc) is 1.91. The summed E-state index contributed by atoms with van der Waals surface area (Å²) in [5.74, 6) is 0.733. The minimum absolute atomic E-state index is 0.123. The monoisotopic (exact) mass is 207 g/mol. The minimum Gasteiger partial charge on any atom is -0.393 e. The van der Waals surface area contributed by atoms with E-state index >= 15 is 0 Å². The van der Waals surface area contributed by atoms with Gasteiger partial charge in [0.15, 0.2) is 0 Å². The molecule has 2 N–H and O–H groups in total. The van der Waals surface area contributed by atoms with Gasteiger partial charge in [0, 0.05) is 12.8 Å². The van der Waals surface area contributed by atoms with Gasteiger partial charge >= 0.3 is 0 Å². The summed E-state index contributed by atoms with van der Waals surface area (Å²) in [5.41, 5.74) is 0. The SMILES string of the molecule is CS(=O)(=O)CCNCC1CC(O)C1. The van der Waals surface area contributed by atoms with Crippen LogP contribution in [-0.4, -0.2) is 44.7 Å². The Bertz CT molecular complexity index is 244. The molecule has 0 aromatic carbocycles. The van der Waals surface area contributed by atoms with Gasteiger partial charge in [0.1, 0.15) is 9.84 Å². The van der Waals surface area contributed by atoms with Crippen LogP contribution >= 0.6 is 0 Å². The molecule has 4 nitrogen and oxygen atoms in total. The Balaban J connectivity index is 1.96. The molecule has 0 heterocycles. The van der Waals surface area contributed by atoms with E-state index in [4.69, 9.17) is 5.11 Å². The lowest BCUT2D eigenvalue weighted by Crippen LogP contribution is -2.37. The molecule has 1 aliphatic carbocycles. The van der Waals surface area contributed by atoms with E-state index in [0.717, 1.165) is 19.4 Å². The van der Waals surface area contributed by atoms with Crippen molar-refractivity contribution >= 4 is 9.84 Å². The fourth-order valence-corrected chi connectivity index (χ4v) is 1.95. The van der Waals surface area contributed by atoms with Gasteiger partial charge in [-0.15, -0.1) is 0 Å². The number of aliphatic hydroxyl groups excluding tert-OH is 1. The summed E-state index contributed by atoms with van der Waals surface area (Å²) in [7, 11) is -2.83. The summed E-state index contributed by atoms with van der Waals surface area (Å²) in [6, 6.07) is 0. The molecule has 0 unspecified atom stereocenters. The fraction of sp³-hybridized carbons (Fsp3) is 1.00. The number of aliphatic hydroxyl groups is 1. The van der Waals surface area contributed by atoms with E-state index in [1.165, 1.54) is 6.26 Å². The van der Waals surface area contributed by atoms with Gasteiger partial charge in [0.2, 0.25) is 0 Å². The van der Waals surface area contributed by atoms with E-state index in [0.29, 0.717) is 12.5 Å². The van der Waals surface area contributed by atoms with Crippen LogP contribution in [0.3, 0.4) is 0 Å². The van der Waals surface area contributed by atoms with Crippen LogP contribution in [0, 0.1) is 5.92 Å². The van der Waals surface area contributed by atoms with E-state index in [1.807, 2.05) is 0 Å². The molecule has 0 bridgehead atoms. The number of hydrogen-bond acceptors (Lipinski definition) is 4. The van der Waals surface area contributed by atoms with Gasteiger partial charge in [0.05, 0.1) is 11.9 Å². The summed E-state index contributed by atoms with van der Waals surface area (Å²) >= 11 is 0. The second-order valence-corrected chi connectivity index (χ2v) is 6.09. The van der Waals surface area contributed by atoms with Crippen LogP contribution in [0.5, 0.6) is 0 Å². The van der Waals surface area contributed by atoms with Gasteiger partial charge in [-0.1, -0.05) is 0 Å². The Morgan fingerprint density at radius 1 is 1.46 bits per heavy atom. The van der Waals surface area contributed by atoms with Crippen LogP contribution in [0.2, 0.25) is 0 Å². The third kappa shape index (κ3) is 4.59. The Hall–Kier alpha value is -0.130.